The van der Waals surface area contributed by atoms with Crippen molar-refractivity contribution in [3.8, 4) is 11.5 Å². The molecule has 2 rings (SSSR count). The summed E-state index contributed by atoms with van der Waals surface area (Å²) >= 11 is 0. The fraction of sp³-hybridized carbons (Fsp3) is 0.111. The molecule has 0 radical (unpaired) electrons. The molecule has 0 aliphatic rings. The fourth-order valence-electron chi connectivity index (χ4n) is 1.85. The highest BCUT2D eigenvalue weighted by Gasteiger charge is 2.04. The Kier molecular flexibility index (Phi) is 5.01. The molecule has 0 aliphatic heterocycles. The van der Waals surface area contributed by atoms with Crippen LogP contribution in [-0.2, 0) is 6.42 Å². The van der Waals surface area contributed by atoms with Crippen LogP contribution in [-0.4, -0.2) is 7.11 Å². The Bertz CT molecular complexity index is 586. The molecule has 0 N–H and O–H groups in total. The minimum atomic E-state index is 0.701. The second kappa shape index (κ2) is 7.19. The molecule has 0 saturated carbocycles. The molecule has 102 valence electrons. The molecular weight excluding hydrogens is 248 g/mol. The number of methoxy groups -OCH3 is 1. The highest BCUT2D eigenvalue weighted by molar-refractivity contribution is 5.49. The van der Waals surface area contributed by atoms with E-state index in [-0.39, 0.29) is 0 Å². The second-order valence-electron chi connectivity index (χ2n) is 4.31. The SMILES string of the molecule is C=CCc1ccc(OC=Cc2ccccc2)c(OC)c1. The maximum Gasteiger partial charge on any atom is 0.168 e. The first-order chi connectivity index (χ1) is 9.83. The Balaban J connectivity index is 2.09. The zero-order valence-corrected chi connectivity index (χ0v) is 11.6. The zero-order valence-electron chi connectivity index (χ0n) is 11.6. The van der Waals surface area contributed by atoms with Gasteiger partial charge in [-0.15, -0.1) is 6.58 Å². The predicted octanol–water partition coefficient (Wildman–Crippen LogP) is 4.47. The van der Waals surface area contributed by atoms with Gasteiger partial charge in [0.15, 0.2) is 11.5 Å². The fourth-order valence-corrected chi connectivity index (χ4v) is 1.85. The van der Waals surface area contributed by atoms with Gasteiger partial charge in [0.05, 0.1) is 13.4 Å². The van der Waals surface area contributed by atoms with Crippen LogP contribution in [0.2, 0.25) is 0 Å². The van der Waals surface area contributed by atoms with Crippen LogP contribution in [0.25, 0.3) is 6.08 Å². The van der Waals surface area contributed by atoms with Gasteiger partial charge in [0.25, 0.3) is 0 Å². The van der Waals surface area contributed by atoms with Crippen LogP contribution in [0, 0.1) is 0 Å². The van der Waals surface area contributed by atoms with E-state index in [1.807, 2.05) is 60.7 Å². The van der Waals surface area contributed by atoms with Gasteiger partial charge < -0.3 is 9.47 Å². The Morgan fingerprint density at radius 2 is 1.85 bits per heavy atom. The van der Waals surface area contributed by atoms with Crippen molar-refractivity contribution in [2.75, 3.05) is 7.11 Å². The molecule has 20 heavy (non-hydrogen) atoms. The van der Waals surface area contributed by atoms with Crippen molar-refractivity contribution >= 4 is 6.08 Å². The summed E-state index contributed by atoms with van der Waals surface area (Å²) in [7, 11) is 1.64. The average Bonchev–Trinajstić information content (AvgIpc) is 2.50. The first kappa shape index (κ1) is 13.9. The van der Waals surface area contributed by atoms with Gasteiger partial charge in [0.1, 0.15) is 0 Å². The number of benzene rings is 2. The van der Waals surface area contributed by atoms with Crippen LogP contribution in [0.3, 0.4) is 0 Å². The van der Waals surface area contributed by atoms with Crippen LogP contribution < -0.4 is 9.47 Å². The average molecular weight is 266 g/mol. The number of rotatable bonds is 6. The van der Waals surface area contributed by atoms with Crippen LogP contribution in [0.15, 0.2) is 67.4 Å². The number of allylic oxidation sites excluding steroid dienone is 1. The summed E-state index contributed by atoms with van der Waals surface area (Å²) in [5, 5.41) is 0. The third-order valence-electron chi connectivity index (χ3n) is 2.86. The Morgan fingerprint density at radius 3 is 2.55 bits per heavy atom. The van der Waals surface area contributed by atoms with Gasteiger partial charge in [0.2, 0.25) is 0 Å². The van der Waals surface area contributed by atoms with Crippen LogP contribution in [0.4, 0.5) is 0 Å². The van der Waals surface area contributed by atoms with Crippen molar-refractivity contribution in [3.63, 3.8) is 0 Å². The second-order valence-corrected chi connectivity index (χ2v) is 4.31. The highest BCUT2D eigenvalue weighted by atomic mass is 16.5. The van der Waals surface area contributed by atoms with Gasteiger partial charge in [-0.1, -0.05) is 42.5 Å². The van der Waals surface area contributed by atoms with Crippen LogP contribution in [0.1, 0.15) is 11.1 Å². The van der Waals surface area contributed by atoms with E-state index >= 15 is 0 Å². The van der Waals surface area contributed by atoms with E-state index in [2.05, 4.69) is 6.58 Å². The molecule has 2 aromatic rings. The van der Waals surface area contributed by atoms with Gasteiger partial charge in [-0.05, 0) is 35.8 Å². The number of ether oxygens (including phenoxy) is 2. The molecule has 2 nitrogen and oxygen atoms in total. The van der Waals surface area contributed by atoms with Crippen molar-refractivity contribution in [1.82, 2.24) is 0 Å². The van der Waals surface area contributed by atoms with E-state index in [0.717, 1.165) is 23.3 Å². The summed E-state index contributed by atoms with van der Waals surface area (Å²) in [6.45, 7) is 3.73. The van der Waals surface area contributed by atoms with Crippen molar-refractivity contribution in [2.45, 2.75) is 6.42 Å². The highest BCUT2D eigenvalue weighted by Crippen LogP contribution is 2.28. The van der Waals surface area contributed by atoms with Crippen molar-refractivity contribution in [3.05, 3.63) is 78.6 Å². The van der Waals surface area contributed by atoms with Gasteiger partial charge in [-0.3, -0.25) is 0 Å². The van der Waals surface area contributed by atoms with Crippen LogP contribution in [0.5, 0.6) is 11.5 Å². The molecule has 0 saturated heterocycles. The third-order valence-corrected chi connectivity index (χ3v) is 2.86. The molecule has 2 heteroatoms. The molecule has 2 aromatic carbocycles. The van der Waals surface area contributed by atoms with E-state index in [1.54, 1.807) is 13.4 Å². The minimum absolute atomic E-state index is 0.701. The normalized spacial score (nSPS) is 10.4. The molecule has 0 aromatic heterocycles. The van der Waals surface area contributed by atoms with Gasteiger partial charge in [-0.25, -0.2) is 0 Å². The summed E-state index contributed by atoms with van der Waals surface area (Å²) in [6.07, 6.45) is 6.26. The van der Waals surface area contributed by atoms with Crippen molar-refractivity contribution in [2.24, 2.45) is 0 Å². The summed E-state index contributed by atoms with van der Waals surface area (Å²) in [5.74, 6) is 1.43. The molecule has 0 amide bonds. The Morgan fingerprint density at radius 1 is 1.05 bits per heavy atom. The standard InChI is InChI=1S/C18H18O2/c1-3-7-16-10-11-17(18(14-16)19-2)20-13-12-15-8-5-4-6-9-15/h3-6,8-14H,1,7H2,2H3. The van der Waals surface area contributed by atoms with Gasteiger partial charge >= 0.3 is 0 Å². The van der Waals surface area contributed by atoms with Crippen molar-refractivity contribution < 1.29 is 9.47 Å². The van der Waals surface area contributed by atoms with E-state index in [4.69, 9.17) is 9.47 Å². The quantitative estimate of drug-likeness (QED) is 0.567. The number of hydrogen-bond donors (Lipinski definition) is 0. The van der Waals surface area contributed by atoms with Gasteiger partial charge in [-0.2, -0.15) is 0 Å². The Labute approximate surface area is 120 Å². The van der Waals surface area contributed by atoms with E-state index in [1.165, 1.54) is 0 Å². The first-order valence-corrected chi connectivity index (χ1v) is 6.49. The molecule has 0 fully saturated rings. The maximum absolute atomic E-state index is 5.63. The predicted molar refractivity (Wildman–Crippen MR) is 83.0 cm³/mol. The molecular formula is C18H18O2. The summed E-state index contributed by atoms with van der Waals surface area (Å²) in [4.78, 5) is 0. The monoisotopic (exact) mass is 266 g/mol. The molecule has 0 unspecified atom stereocenters. The molecule has 0 aliphatic carbocycles. The number of hydrogen-bond acceptors (Lipinski definition) is 2. The largest absolute Gasteiger partial charge is 0.493 e. The smallest absolute Gasteiger partial charge is 0.168 e. The Hall–Kier alpha value is -2.48. The summed E-state index contributed by atoms with van der Waals surface area (Å²) < 4.78 is 11.0. The summed E-state index contributed by atoms with van der Waals surface area (Å²) in [6, 6.07) is 15.9. The first-order valence-electron chi connectivity index (χ1n) is 6.49. The topological polar surface area (TPSA) is 18.5 Å². The van der Waals surface area contributed by atoms with Gasteiger partial charge in [0, 0.05) is 0 Å². The maximum atomic E-state index is 5.63. The van der Waals surface area contributed by atoms with E-state index < -0.39 is 0 Å². The lowest BCUT2D eigenvalue weighted by Crippen LogP contribution is -1.91. The van der Waals surface area contributed by atoms with Crippen molar-refractivity contribution in [1.29, 1.82) is 0 Å². The molecule has 0 bridgehead atoms. The lowest BCUT2D eigenvalue weighted by atomic mass is 10.1. The van der Waals surface area contributed by atoms with E-state index in [9.17, 15) is 0 Å². The molecule has 0 spiro atoms. The molecule has 0 atom stereocenters. The lowest BCUT2D eigenvalue weighted by molar-refractivity contribution is 0.378. The van der Waals surface area contributed by atoms with E-state index in [0.29, 0.717) is 5.75 Å². The molecule has 0 heterocycles. The van der Waals surface area contributed by atoms with Crippen LogP contribution >= 0.6 is 0 Å². The summed E-state index contributed by atoms with van der Waals surface area (Å²) in [5.41, 5.74) is 2.24. The minimum Gasteiger partial charge on any atom is -0.493 e. The third kappa shape index (κ3) is 3.75. The lowest BCUT2D eigenvalue weighted by Gasteiger charge is -2.08. The zero-order chi connectivity index (χ0) is 14.2.